The van der Waals surface area contributed by atoms with Crippen LogP contribution in [-0.4, -0.2) is 13.1 Å². The molecular weight excluding hydrogens is 222 g/mol. The predicted molar refractivity (Wildman–Crippen MR) is 79.5 cm³/mol. The third kappa shape index (κ3) is 3.95. The minimum atomic E-state index is -1.28. The monoisotopic (exact) mass is 249 g/mol. The Kier molecular flexibility index (Phi) is 6.49. The lowest BCUT2D eigenvalue weighted by Crippen LogP contribution is -2.47. The summed E-state index contributed by atoms with van der Waals surface area (Å²) in [5, 5.41) is 1.43. The Labute approximate surface area is 108 Å². The van der Waals surface area contributed by atoms with E-state index in [0.29, 0.717) is 0 Å². The average Bonchev–Trinajstić information content (AvgIpc) is 2.41. The SMILES string of the molecule is CCCCCC[Si](CC)(CC)c1ccccn1. The Morgan fingerprint density at radius 1 is 1.00 bits per heavy atom. The van der Waals surface area contributed by atoms with Gasteiger partial charge in [0.05, 0.1) is 0 Å². The van der Waals surface area contributed by atoms with Gasteiger partial charge in [-0.1, -0.05) is 70.7 Å². The average molecular weight is 249 g/mol. The molecular formula is C15H27NSi. The summed E-state index contributed by atoms with van der Waals surface area (Å²) in [5.41, 5.74) is 0. The van der Waals surface area contributed by atoms with Crippen molar-refractivity contribution in [2.75, 3.05) is 0 Å². The molecule has 2 heteroatoms. The van der Waals surface area contributed by atoms with Crippen LogP contribution in [0.1, 0.15) is 46.5 Å². The van der Waals surface area contributed by atoms with Crippen LogP contribution in [0.15, 0.2) is 24.4 Å². The van der Waals surface area contributed by atoms with E-state index in [1.54, 1.807) is 0 Å². The molecule has 0 aromatic carbocycles. The lowest BCUT2D eigenvalue weighted by molar-refractivity contribution is 0.695. The van der Waals surface area contributed by atoms with E-state index in [1.807, 2.05) is 12.3 Å². The van der Waals surface area contributed by atoms with Gasteiger partial charge in [0.25, 0.3) is 0 Å². The Bertz CT molecular complexity index is 293. The molecule has 1 heterocycles. The Hall–Kier alpha value is -0.633. The van der Waals surface area contributed by atoms with Crippen LogP contribution in [0.2, 0.25) is 18.1 Å². The van der Waals surface area contributed by atoms with Crippen LogP contribution >= 0.6 is 0 Å². The standard InChI is InChI=1S/C15H27NSi/c1-4-7-8-11-14-17(5-2,6-3)15-12-9-10-13-16-15/h9-10,12-13H,4-8,11,14H2,1-3H3. The van der Waals surface area contributed by atoms with Crippen LogP contribution in [0.25, 0.3) is 0 Å². The highest BCUT2D eigenvalue weighted by atomic mass is 28.3. The highest BCUT2D eigenvalue weighted by Gasteiger charge is 2.31. The summed E-state index contributed by atoms with van der Waals surface area (Å²) in [4.78, 5) is 4.65. The molecule has 96 valence electrons. The zero-order valence-corrected chi connectivity index (χ0v) is 12.7. The summed E-state index contributed by atoms with van der Waals surface area (Å²) < 4.78 is 0. The van der Waals surface area contributed by atoms with Gasteiger partial charge in [0.2, 0.25) is 0 Å². The van der Waals surface area contributed by atoms with Crippen molar-refractivity contribution in [2.24, 2.45) is 0 Å². The number of hydrogen-bond donors (Lipinski definition) is 0. The summed E-state index contributed by atoms with van der Waals surface area (Å²) >= 11 is 0. The molecule has 1 nitrogen and oxygen atoms in total. The highest BCUT2D eigenvalue weighted by molar-refractivity contribution is 6.91. The van der Waals surface area contributed by atoms with Gasteiger partial charge < -0.3 is 0 Å². The van der Waals surface area contributed by atoms with Gasteiger partial charge in [0, 0.05) is 11.5 Å². The van der Waals surface area contributed by atoms with Crippen molar-refractivity contribution >= 4 is 13.4 Å². The van der Waals surface area contributed by atoms with Crippen molar-refractivity contribution in [3.05, 3.63) is 24.4 Å². The molecule has 1 aromatic rings. The van der Waals surface area contributed by atoms with Crippen molar-refractivity contribution in [3.63, 3.8) is 0 Å². The van der Waals surface area contributed by atoms with E-state index in [2.05, 4.69) is 37.9 Å². The maximum absolute atomic E-state index is 4.65. The number of unbranched alkanes of at least 4 members (excludes halogenated alkanes) is 3. The summed E-state index contributed by atoms with van der Waals surface area (Å²) in [6.07, 6.45) is 7.49. The van der Waals surface area contributed by atoms with Gasteiger partial charge >= 0.3 is 0 Å². The molecule has 0 N–H and O–H groups in total. The fourth-order valence-electron chi connectivity index (χ4n) is 2.66. The third-order valence-electron chi connectivity index (χ3n) is 4.07. The fraction of sp³-hybridized carbons (Fsp3) is 0.667. The molecule has 0 aliphatic carbocycles. The number of nitrogens with zero attached hydrogens (tertiary/aromatic N) is 1. The zero-order valence-electron chi connectivity index (χ0n) is 11.7. The predicted octanol–water partition coefficient (Wildman–Crippen LogP) is 4.36. The Morgan fingerprint density at radius 2 is 1.76 bits per heavy atom. The van der Waals surface area contributed by atoms with Gasteiger partial charge in [-0.05, 0) is 12.1 Å². The van der Waals surface area contributed by atoms with E-state index < -0.39 is 8.07 Å². The molecule has 0 unspecified atom stereocenters. The number of hydrogen-bond acceptors (Lipinski definition) is 1. The van der Waals surface area contributed by atoms with E-state index in [9.17, 15) is 0 Å². The minimum Gasteiger partial charge on any atom is -0.266 e. The first-order valence-corrected chi connectivity index (χ1v) is 9.82. The van der Waals surface area contributed by atoms with Crippen molar-refractivity contribution in [1.29, 1.82) is 0 Å². The van der Waals surface area contributed by atoms with Gasteiger partial charge in [-0.25, -0.2) is 0 Å². The van der Waals surface area contributed by atoms with E-state index in [4.69, 9.17) is 0 Å². The smallest absolute Gasteiger partial charge is 0.110 e. The van der Waals surface area contributed by atoms with E-state index in [0.717, 1.165) is 0 Å². The molecule has 0 amide bonds. The van der Waals surface area contributed by atoms with Crippen molar-refractivity contribution < 1.29 is 0 Å². The van der Waals surface area contributed by atoms with Gasteiger partial charge in [-0.2, -0.15) is 0 Å². The van der Waals surface area contributed by atoms with E-state index >= 15 is 0 Å². The second-order valence-corrected chi connectivity index (χ2v) is 10.0. The molecule has 0 saturated carbocycles. The number of rotatable bonds is 8. The van der Waals surface area contributed by atoms with Gasteiger partial charge in [0.1, 0.15) is 8.07 Å². The first-order chi connectivity index (χ1) is 8.29. The zero-order chi connectivity index (χ0) is 12.6. The Morgan fingerprint density at radius 3 is 2.29 bits per heavy atom. The summed E-state index contributed by atoms with van der Waals surface area (Å²) in [6, 6.07) is 10.6. The van der Waals surface area contributed by atoms with Crippen LogP contribution in [0.3, 0.4) is 0 Å². The Balaban J connectivity index is 2.68. The summed E-state index contributed by atoms with van der Waals surface area (Å²) in [5.74, 6) is 0. The molecule has 0 bridgehead atoms. The van der Waals surface area contributed by atoms with E-state index in [1.165, 1.54) is 49.1 Å². The molecule has 0 spiro atoms. The van der Waals surface area contributed by atoms with Crippen molar-refractivity contribution in [1.82, 2.24) is 4.98 Å². The first kappa shape index (κ1) is 14.4. The second kappa shape index (κ2) is 7.65. The maximum Gasteiger partial charge on any atom is 0.110 e. The number of pyridine rings is 1. The quantitative estimate of drug-likeness (QED) is 0.493. The van der Waals surface area contributed by atoms with Gasteiger partial charge in [0.15, 0.2) is 0 Å². The topological polar surface area (TPSA) is 12.9 Å². The van der Waals surface area contributed by atoms with Crippen molar-refractivity contribution in [2.45, 2.75) is 64.6 Å². The first-order valence-electron chi connectivity index (χ1n) is 7.20. The van der Waals surface area contributed by atoms with Crippen LogP contribution in [-0.2, 0) is 0 Å². The van der Waals surface area contributed by atoms with Crippen LogP contribution in [0.5, 0.6) is 0 Å². The molecule has 0 saturated heterocycles. The van der Waals surface area contributed by atoms with Crippen molar-refractivity contribution in [3.8, 4) is 0 Å². The minimum absolute atomic E-state index is 1.28. The second-order valence-electron chi connectivity index (χ2n) is 5.01. The molecule has 0 aliphatic heterocycles. The highest BCUT2D eigenvalue weighted by Crippen LogP contribution is 2.23. The summed E-state index contributed by atoms with van der Waals surface area (Å²) in [6.45, 7) is 7.01. The maximum atomic E-state index is 4.65. The largest absolute Gasteiger partial charge is 0.266 e. The molecule has 0 fully saturated rings. The van der Waals surface area contributed by atoms with Crippen LogP contribution in [0, 0.1) is 0 Å². The summed E-state index contributed by atoms with van der Waals surface area (Å²) in [7, 11) is -1.28. The van der Waals surface area contributed by atoms with Gasteiger partial charge in [-0.3, -0.25) is 4.98 Å². The third-order valence-corrected chi connectivity index (χ3v) is 9.47. The van der Waals surface area contributed by atoms with E-state index in [-0.39, 0.29) is 0 Å². The lowest BCUT2D eigenvalue weighted by Gasteiger charge is -2.28. The molecule has 1 rings (SSSR count). The molecule has 0 aliphatic rings. The molecule has 0 radical (unpaired) electrons. The molecule has 1 aromatic heterocycles. The lowest BCUT2D eigenvalue weighted by atomic mass is 10.2. The van der Waals surface area contributed by atoms with Gasteiger partial charge in [-0.15, -0.1) is 0 Å². The fourth-order valence-corrected chi connectivity index (χ4v) is 6.57. The number of aromatic nitrogens is 1. The molecule has 17 heavy (non-hydrogen) atoms. The van der Waals surface area contributed by atoms with Crippen LogP contribution < -0.4 is 5.32 Å². The normalized spacial score (nSPS) is 11.7. The van der Waals surface area contributed by atoms with Crippen LogP contribution in [0.4, 0.5) is 0 Å². The molecule has 0 atom stereocenters.